The molecule has 0 saturated carbocycles. The largest absolute Gasteiger partial charge is 0.468 e. The molecular weight excluding hydrogens is 304 g/mol. The number of rotatable bonds is 5. The average Bonchev–Trinajstić information content (AvgIpc) is 2.38. The summed E-state index contributed by atoms with van der Waals surface area (Å²) in [5, 5.41) is 2.77. The van der Waals surface area contributed by atoms with Crippen LogP contribution in [0.1, 0.15) is 6.92 Å². The van der Waals surface area contributed by atoms with Gasteiger partial charge in [-0.2, -0.15) is 0 Å². The Hall–Kier alpha value is -0.660. The van der Waals surface area contributed by atoms with E-state index in [4.69, 9.17) is 4.74 Å². The summed E-state index contributed by atoms with van der Waals surface area (Å²) in [6.45, 7) is 4.42. The summed E-state index contributed by atoms with van der Waals surface area (Å²) in [6, 6.07) is -0.344. The fourth-order valence-electron chi connectivity index (χ4n) is 1.80. The molecule has 104 valence electrons. The van der Waals surface area contributed by atoms with Gasteiger partial charge in [-0.25, -0.2) is 0 Å². The van der Waals surface area contributed by atoms with Crippen LogP contribution in [0.5, 0.6) is 0 Å². The second kappa shape index (κ2) is 7.70. The molecule has 1 aliphatic rings. The maximum absolute atomic E-state index is 11.9. The van der Waals surface area contributed by atoms with Gasteiger partial charge in [-0.3, -0.25) is 14.5 Å². The van der Waals surface area contributed by atoms with Crippen LogP contribution in [0.25, 0.3) is 0 Å². The maximum atomic E-state index is 11.9. The fourth-order valence-corrected chi connectivity index (χ4v) is 2.36. The van der Waals surface area contributed by atoms with Crippen LogP contribution in [0, 0.1) is 0 Å². The Bertz CT molecular complexity index is 301. The molecule has 1 N–H and O–H groups in total. The number of likely N-dealkylation sites (N-methyl/N-ethyl adjacent to an activating group) is 1. The van der Waals surface area contributed by atoms with E-state index >= 15 is 0 Å². The van der Waals surface area contributed by atoms with Crippen molar-refractivity contribution in [3.8, 4) is 0 Å². The van der Waals surface area contributed by atoms with Gasteiger partial charge in [0, 0.05) is 19.6 Å². The van der Waals surface area contributed by atoms with Crippen LogP contribution in [0.4, 0.5) is 0 Å². The number of hydrogen-bond acceptors (Lipinski definition) is 5. The number of alkyl halides is 1. The number of esters is 1. The van der Waals surface area contributed by atoms with E-state index in [9.17, 15) is 9.59 Å². The molecule has 0 bridgehead atoms. The first-order valence-electron chi connectivity index (χ1n) is 5.91. The van der Waals surface area contributed by atoms with Crippen LogP contribution in [-0.2, 0) is 19.1 Å². The maximum Gasteiger partial charge on any atom is 0.320 e. The normalized spacial score (nSPS) is 22.3. The van der Waals surface area contributed by atoms with E-state index in [2.05, 4.69) is 26.0 Å². The molecular formula is C11H19BrN2O4. The number of amides is 1. The molecule has 18 heavy (non-hydrogen) atoms. The molecule has 0 aromatic rings. The van der Waals surface area contributed by atoms with Crippen LogP contribution in [-0.4, -0.2) is 67.6 Å². The van der Waals surface area contributed by atoms with Crippen LogP contribution in [0.15, 0.2) is 0 Å². The predicted octanol–water partition coefficient (Wildman–Crippen LogP) is -0.240. The van der Waals surface area contributed by atoms with Gasteiger partial charge in [0.2, 0.25) is 5.91 Å². The number of nitrogens with one attached hydrogen (secondary N) is 1. The van der Waals surface area contributed by atoms with Gasteiger partial charge in [0.05, 0.1) is 20.3 Å². The molecule has 6 nitrogen and oxygen atoms in total. The Balaban J connectivity index is 2.59. The molecule has 7 heteroatoms. The highest BCUT2D eigenvalue weighted by Gasteiger charge is 2.31. The monoisotopic (exact) mass is 322 g/mol. The number of carbonyl (C=O) groups is 2. The summed E-state index contributed by atoms with van der Waals surface area (Å²) in [6.07, 6.45) is 0. The Morgan fingerprint density at radius 1 is 1.61 bits per heavy atom. The van der Waals surface area contributed by atoms with E-state index in [-0.39, 0.29) is 17.9 Å². The fraction of sp³-hybridized carbons (Fsp3) is 0.818. The van der Waals surface area contributed by atoms with E-state index < -0.39 is 4.83 Å². The van der Waals surface area contributed by atoms with E-state index in [1.54, 1.807) is 0 Å². The van der Waals surface area contributed by atoms with E-state index in [0.29, 0.717) is 32.8 Å². The zero-order valence-electron chi connectivity index (χ0n) is 10.6. The zero-order chi connectivity index (χ0) is 13.5. The van der Waals surface area contributed by atoms with Crippen LogP contribution in [0.3, 0.4) is 0 Å². The lowest BCUT2D eigenvalue weighted by Crippen LogP contribution is -2.55. The van der Waals surface area contributed by atoms with Gasteiger partial charge >= 0.3 is 5.97 Å². The van der Waals surface area contributed by atoms with Crippen molar-refractivity contribution in [1.82, 2.24) is 10.2 Å². The molecule has 0 aromatic heterocycles. The van der Waals surface area contributed by atoms with Crippen molar-refractivity contribution in [3.63, 3.8) is 0 Å². The number of carbonyl (C=O) groups excluding carboxylic acids is 2. The summed E-state index contributed by atoms with van der Waals surface area (Å²) in [7, 11) is 1.34. The molecule has 0 aliphatic carbocycles. The Morgan fingerprint density at radius 3 is 2.94 bits per heavy atom. The third kappa shape index (κ3) is 4.22. The first kappa shape index (κ1) is 15.4. The second-order valence-corrected chi connectivity index (χ2v) is 5.08. The topological polar surface area (TPSA) is 67.9 Å². The molecule has 1 saturated heterocycles. The molecule has 0 radical (unpaired) electrons. The third-order valence-electron chi connectivity index (χ3n) is 2.74. The molecule has 1 aliphatic heterocycles. The Morgan fingerprint density at radius 2 is 2.33 bits per heavy atom. The van der Waals surface area contributed by atoms with Crippen LogP contribution in [0.2, 0.25) is 0 Å². The van der Waals surface area contributed by atoms with Crippen molar-refractivity contribution in [2.45, 2.75) is 17.8 Å². The third-order valence-corrected chi connectivity index (χ3v) is 3.41. The Kier molecular flexibility index (Phi) is 6.59. The summed E-state index contributed by atoms with van der Waals surface area (Å²) in [5.41, 5.74) is 0. The molecule has 1 rings (SSSR count). The minimum Gasteiger partial charge on any atom is -0.468 e. The molecule has 1 fully saturated rings. The number of morpholine rings is 1. The standard InChI is InChI=1S/C11H19BrN2O4/c1-3-13-10(15)9-7-18-5-4-14(9)6-8(12)11(16)17-2/h8-9H,3-7H2,1-2H3,(H,13,15). The van der Waals surface area contributed by atoms with Crippen molar-refractivity contribution in [3.05, 3.63) is 0 Å². The van der Waals surface area contributed by atoms with Gasteiger partial charge in [-0.1, -0.05) is 15.9 Å². The lowest BCUT2D eigenvalue weighted by atomic mass is 10.2. The lowest BCUT2D eigenvalue weighted by Gasteiger charge is -2.35. The molecule has 1 heterocycles. The number of ether oxygens (including phenoxy) is 2. The first-order chi connectivity index (χ1) is 8.60. The highest BCUT2D eigenvalue weighted by atomic mass is 79.9. The molecule has 0 aromatic carbocycles. The van der Waals surface area contributed by atoms with Crippen molar-refractivity contribution in [2.24, 2.45) is 0 Å². The first-order valence-corrected chi connectivity index (χ1v) is 6.83. The number of nitrogens with zero attached hydrogens (tertiary/aromatic N) is 1. The summed E-state index contributed by atoms with van der Waals surface area (Å²) < 4.78 is 9.97. The summed E-state index contributed by atoms with van der Waals surface area (Å²) >= 11 is 3.27. The zero-order valence-corrected chi connectivity index (χ0v) is 12.2. The van der Waals surface area contributed by atoms with Crippen molar-refractivity contribution in [2.75, 3.05) is 40.0 Å². The van der Waals surface area contributed by atoms with Gasteiger partial charge in [0.1, 0.15) is 10.9 Å². The molecule has 0 spiro atoms. The van der Waals surface area contributed by atoms with E-state index in [1.807, 2.05) is 11.8 Å². The van der Waals surface area contributed by atoms with Gasteiger partial charge < -0.3 is 14.8 Å². The molecule has 2 atom stereocenters. The smallest absolute Gasteiger partial charge is 0.320 e. The van der Waals surface area contributed by atoms with Crippen LogP contribution >= 0.6 is 15.9 Å². The minimum atomic E-state index is -0.433. The van der Waals surface area contributed by atoms with Gasteiger partial charge in [0.25, 0.3) is 0 Å². The summed E-state index contributed by atoms with van der Waals surface area (Å²) in [4.78, 5) is 24.7. The van der Waals surface area contributed by atoms with Gasteiger partial charge in [-0.15, -0.1) is 0 Å². The average molecular weight is 323 g/mol. The highest BCUT2D eigenvalue weighted by molar-refractivity contribution is 9.10. The SMILES string of the molecule is CCNC(=O)C1COCCN1CC(Br)C(=O)OC. The van der Waals surface area contributed by atoms with Crippen molar-refractivity contribution in [1.29, 1.82) is 0 Å². The minimum absolute atomic E-state index is 0.0678. The molecule has 2 unspecified atom stereocenters. The highest BCUT2D eigenvalue weighted by Crippen LogP contribution is 2.12. The van der Waals surface area contributed by atoms with Crippen molar-refractivity contribution >= 4 is 27.8 Å². The van der Waals surface area contributed by atoms with Gasteiger partial charge in [0.15, 0.2) is 0 Å². The number of halogens is 1. The number of hydrogen-bond donors (Lipinski definition) is 1. The quantitative estimate of drug-likeness (QED) is 0.559. The summed E-state index contributed by atoms with van der Waals surface area (Å²) in [5.74, 6) is -0.405. The Labute approximate surface area is 115 Å². The van der Waals surface area contributed by atoms with Gasteiger partial charge in [-0.05, 0) is 6.92 Å². The van der Waals surface area contributed by atoms with E-state index in [1.165, 1.54) is 7.11 Å². The van der Waals surface area contributed by atoms with Crippen molar-refractivity contribution < 1.29 is 19.1 Å². The predicted molar refractivity (Wildman–Crippen MR) is 69.6 cm³/mol. The van der Waals surface area contributed by atoms with Crippen LogP contribution < -0.4 is 5.32 Å². The van der Waals surface area contributed by atoms with E-state index in [0.717, 1.165) is 0 Å². The molecule has 1 amide bonds. The lowest BCUT2D eigenvalue weighted by molar-refractivity contribution is -0.142. The second-order valence-electron chi connectivity index (χ2n) is 3.97. The number of methoxy groups -OCH3 is 1.